The second-order valence-corrected chi connectivity index (χ2v) is 7.85. The maximum absolute atomic E-state index is 12.8. The summed E-state index contributed by atoms with van der Waals surface area (Å²) >= 11 is 7.20. The molecule has 1 atom stereocenters. The van der Waals surface area contributed by atoms with Gasteiger partial charge in [0.25, 0.3) is 5.91 Å². The number of hydrogen-bond acceptors (Lipinski definition) is 5. The minimum Gasteiger partial charge on any atom is -0.327 e. The lowest BCUT2D eigenvalue weighted by Crippen LogP contribution is -2.43. The molecule has 2 heterocycles. The number of anilines is 1. The monoisotopic (exact) mass is 412 g/mol. The van der Waals surface area contributed by atoms with Crippen molar-refractivity contribution in [3.63, 3.8) is 0 Å². The predicted molar refractivity (Wildman–Crippen MR) is 109 cm³/mol. The van der Waals surface area contributed by atoms with Gasteiger partial charge >= 0.3 is 0 Å². The Morgan fingerprint density at radius 1 is 1.07 bits per heavy atom. The third kappa shape index (κ3) is 3.90. The van der Waals surface area contributed by atoms with Crippen LogP contribution in [0, 0.1) is 0 Å². The average molecular weight is 413 g/mol. The van der Waals surface area contributed by atoms with E-state index in [4.69, 9.17) is 11.6 Å². The standard InChI is InChI=1S/C20H17ClN4O2S/c21-15-10-8-14(9-11-15)19(27)25-12-4-7-16(25)17(26)22-20-24-23-18(28-20)13-5-2-1-3-6-13/h1-3,5-6,8-11,16H,4,7,12H2,(H,22,24,26). The number of amides is 2. The minimum atomic E-state index is -0.521. The first-order valence-electron chi connectivity index (χ1n) is 8.88. The Kier molecular flexibility index (Phi) is 5.36. The third-order valence-corrected chi connectivity index (χ3v) is 5.72. The number of aromatic nitrogens is 2. The van der Waals surface area contributed by atoms with Gasteiger partial charge in [0.1, 0.15) is 11.0 Å². The van der Waals surface area contributed by atoms with Crippen molar-refractivity contribution < 1.29 is 9.59 Å². The summed E-state index contributed by atoms with van der Waals surface area (Å²) < 4.78 is 0. The highest BCUT2D eigenvalue weighted by Crippen LogP contribution is 2.27. The molecule has 3 aromatic rings. The van der Waals surface area contributed by atoms with Crippen LogP contribution < -0.4 is 5.32 Å². The lowest BCUT2D eigenvalue weighted by molar-refractivity contribution is -0.119. The number of benzene rings is 2. The molecule has 0 aliphatic carbocycles. The highest BCUT2D eigenvalue weighted by atomic mass is 35.5. The molecule has 6 nitrogen and oxygen atoms in total. The fraction of sp³-hybridized carbons (Fsp3) is 0.200. The summed E-state index contributed by atoms with van der Waals surface area (Å²) in [5.41, 5.74) is 1.47. The highest BCUT2D eigenvalue weighted by molar-refractivity contribution is 7.18. The molecular weight excluding hydrogens is 396 g/mol. The number of rotatable bonds is 4. The minimum absolute atomic E-state index is 0.170. The molecule has 2 amide bonds. The van der Waals surface area contributed by atoms with Crippen LogP contribution in [0.2, 0.25) is 5.02 Å². The van der Waals surface area contributed by atoms with Gasteiger partial charge in [0.05, 0.1) is 0 Å². The number of nitrogens with zero attached hydrogens (tertiary/aromatic N) is 3. The van der Waals surface area contributed by atoms with Gasteiger partial charge in [-0.05, 0) is 37.1 Å². The zero-order chi connectivity index (χ0) is 19.5. The van der Waals surface area contributed by atoms with Crippen LogP contribution in [0.5, 0.6) is 0 Å². The van der Waals surface area contributed by atoms with E-state index in [0.29, 0.717) is 28.7 Å². The Morgan fingerprint density at radius 3 is 2.57 bits per heavy atom. The third-order valence-electron chi connectivity index (χ3n) is 4.58. The first-order chi connectivity index (χ1) is 13.6. The number of carbonyl (C=O) groups excluding carboxylic acids is 2. The van der Waals surface area contributed by atoms with Gasteiger partial charge in [-0.15, -0.1) is 10.2 Å². The molecule has 1 aliphatic heterocycles. The Balaban J connectivity index is 1.46. The van der Waals surface area contributed by atoms with Gasteiger partial charge in [-0.3, -0.25) is 14.9 Å². The molecule has 0 saturated carbocycles. The first-order valence-corrected chi connectivity index (χ1v) is 10.1. The fourth-order valence-corrected chi connectivity index (χ4v) is 4.08. The molecule has 1 saturated heterocycles. The van der Waals surface area contributed by atoms with Crippen molar-refractivity contribution in [2.75, 3.05) is 11.9 Å². The molecule has 1 N–H and O–H groups in total. The average Bonchev–Trinajstić information content (AvgIpc) is 3.38. The van der Waals surface area contributed by atoms with Gasteiger partial charge in [0.15, 0.2) is 0 Å². The Morgan fingerprint density at radius 2 is 1.82 bits per heavy atom. The van der Waals surface area contributed by atoms with Crippen molar-refractivity contribution >= 4 is 39.9 Å². The molecule has 142 valence electrons. The summed E-state index contributed by atoms with van der Waals surface area (Å²) in [4.78, 5) is 27.2. The number of carbonyl (C=O) groups is 2. The second-order valence-electron chi connectivity index (χ2n) is 6.43. The van der Waals surface area contributed by atoms with Crippen LogP contribution in [0.4, 0.5) is 5.13 Å². The fourth-order valence-electron chi connectivity index (χ4n) is 3.20. The molecule has 28 heavy (non-hydrogen) atoms. The van der Waals surface area contributed by atoms with Crippen LogP contribution in [-0.2, 0) is 4.79 Å². The van der Waals surface area contributed by atoms with E-state index < -0.39 is 6.04 Å². The van der Waals surface area contributed by atoms with Gasteiger partial charge in [-0.2, -0.15) is 0 Å². The number of hydrogen-bond donors (Lipinski definition) is 1. The molecule has 8 heteroatoms. The summed E-state index contributed by atoms with van der Waals surface area (Å²) in [5.74, 6) is -0.410. The summed E-state index contributed by atoms with van der Waals surface area (Å²) in [5, 5.41) is 12.7. The van der Waals surface area contributed by atoms with Crippen LogP contribution in [-0.4, -0.2) is 39.5 Å². The molecule has 0 bridgehead atoms. The smallest absolute Gasteiger partial charge is 0.254 e. The maximum atomic E-state index is 12.8. The molecule has 1 fully saturated rings. The molecule has 2 aromatic carbocycles. The van der Waals surface area contributed by atoms with E-state index in [1.54, 1.807) is 29.2 Å². The van der Waals surface area contributed by atoms with E-state index in [-0.39, 0.29) is 11.8 Å². The summed E-state index contributed by atoms with van der Waals surface area (Å²) in [6.07, 6.45) is 1.40. The van der Waals surface area contributed by atoms with Crippen molar-refractivity contribution in [3.05, 3.63) is 65.2 Å². The SMILES string of the molecule is O=C(Nc1nnc(-c2ccccc2)s1)C1CCCN1C(=O)c1ccc(Cl)cc1. The van der Waals surface area contributed by atoms with Crippen molar-refractivity contribution in [2.45, 2.75) is 18.9 Å². The van der Waals surface area contributed by atoms with Crippen LogP contribution >= 0.6 is 22.9 Å². The lowest BCUT2D eigenvalue weighted by Gasteiger charge is -2.23. The highest BCUT2D eigenvalue weighted by Gasteiger charge is 2.35. The van der Waals surface area contributed by atoms with E-state index in [1.807, 2.05) is 30.3 Å². The quantitative estimate of drug-likeness (QED) is 0.699. The Labute approximate surface area is 171 Å². The van der Waals surface area contributed by atoms with Gasteiger partial charge in [0, 0.05) is 22.7 Å². The zero-order valence-corrected chi connectivity index (χ0v) is 16.4. The topological polar surface area (TPSA) is 75.2 Å². The summed E-state index contributed by atoms with van der Waals surface area (Å²) in [7, 11) is 0. The summed E-state index contributed by atoms with van der Waals surface area (Å²) in [6.45, 7) is 0.547. The van der Waals surface area contributed by atoms with E-state index in [9.17, 15) is 9.59 Å². The molecule has 1 aromatic heterocycles. The predicted octanol–water partition coefficient (Wildman–Crippen LogP) is 4.10. The number of likely N-dealkylation sites (tertiary alicyclic amines) is 1. The van der Waals surface area contributed by atoms with Crippen LogP contribution in [0.3, 0.4) is 0 Å². The molecule has 1 aliphatic rings. The van der Waals surface area contributed by atoms with Crippen LogP contribution in [0.15, 0.2) is 54.6 Å². The normalized spacial score (nSPS) is 16.2. The number of halogens is 1. The summed E-state index contributed by atoms with van der Waals surface area (Å²) in [6, 6.07) is 15.8. The zero-order valence-electron chi connectivity index (χ0n) is 14.8. The molecular formula is C20H17ClN4O2S. The first kappa shape index (κ1) is 18.6. The lowest BCUT2D eigenvalue weighted by atomic mass is 10.1. The van der Waals surface area contributed by atoms with E-state index in [2.05, 4.69) is 15.5 Å². The molecule has 0 spiro atoms. The number of nitrogens with one attached hydrogen (secondary N) is 1. The van der Waals surface area contributed by atoms with E-state index in [0.717, 1.165) is 17.0 Å². The van der Waals surface area contributed by atoms with Crippen molar-refractivity contribution in [3.8, 4) is 10.6 Å². The van der Waals surface area contributed by atoms with Crippen molar-refractivity contribution in [1.29, 1.82) is 0 Å². The van der Waals surface area contributed by atoms with Crippen molar-refractivity contribution in [2.24, 2.45) is 0 Å². The van der Waals surface area contributed by atoms with E-state index >= 15 is 0 Å². The van der Waals surface area contributed by atoms with Crippen LogP contribution in [0.1, 0.15) is 23.2 Å². The van der Waals surface area contributed by atoms with Gasteiger partial charge < -0.3 is 4.90 Å². The van der Waals surface area contributed by atoms with Crippen LogP contribution in [0.25, 0.3) is 10.6 Å². The molecule has 4 rings (SSSR count). The Bertz CT molecular complexity index is 991. The molecule has 0 radical (unpaired) electrons. The largest absolute Gasteiger partial charge is 0.327 e. The maximum Gasteiger partial charge on any atom is 0.254 e. The molecule has 1 unspecified atom stereocenters. The van der Waals surface area contributed by atoms with Gasteiger partial charge in [-0.1, -0.05) is 53.3 Å². The van der Waals surface area contributed by atoms with Crippen molar-refractivity contribution in [1.82, 2.24) is 15.1 Å². The Hall–Kier alpha value is -2.77. The van der Waals surface area contributed by atoms with Gasteiger partial charge in [0.2, 0.25) is 11.0 Å². The van der Waals surface area contributed by atoms with Gasteiger partial charge in [-0.25, -0.2) is 0 Å². The second kappa shape index (κ2) is 8.08. The van der Waals surface area contributed by atoms with E-state index in [1.165, 1.54) is 11.3 Å².